The molecule has 4 nitrogen and oxygen atoms in total. The molecule has 1 aliphatic rings. The van der Waals surface area contributed by atoms with Crippen LogP contribution in [0.15, 0.2) is 84.9 Å². The van der Waals surface area contributed by atoms with Crippen LogP contribution in [0.5, 0.6) is 0 Å². The minimum atomic E-state index is -0.493. The number of halogens is 1. The molecule has 3 aromatic rings. The molecule has 4 rings (SSSR count). The van der Waals surface area contributed by atoms with Gasteiger partial charge >= 0.3 is 0 Å². The Morgan fingerprint density at radius 1 is 0.781 bits per heavy atom. The van der Waals surface area contributed by atoms with Crippen molar-refractivity contribution in [3.05, 3.63) is 107 Å². The van der Waals surface area contributed by atoms with E-state index < -0.39 is 6.10 Å². The Hall–Kier alpha value is -2.21. The van der Waals surface area contributed by atoms with Crippen molar-refractivity contribution < 1.29 is 9.84 Å². The topological polar surface area (TPSA) is 35.9 Å². The van der Waals surface area contributed by atoms with Gasteiger partial charge < -0.3 is 9.84 Å². The number of aliphatic hydroxyl groups excluding tert-OH is 1. The van der Waals surface area contributed by atoms with Crippen LogP contribution in [-0.4, -0.2) is 60.3 Å². The lowest BCUT2D eigenvalue weighted by Crippen LogP contribution is -2.50. The molecule has 1 N–H and O–H groups in total. The summed E-state index contributed by atoms with van der Waals surface area (Å²) in [5.74, 6) is 0. The Bertz CT molecular complexity index is 889. The lowest BCUT2D eigenvalue weighted by molar-refractivity contribution is -0.000707. The fourth-order valence-corrected chi connectivity index (χ4v) is 4.46. The summed E-state index contributed by atoms with van der Waals surface area (Å²) >= 11 is 5.91. The third-order valence-corrected chi connectivity index (χ3v) is 6.22. The third-order valence-electron chi connectivity index (χ3n) is 5.96. The van der Waals surface area contributed by atoms with E-state index in [2.05, 4.69) is 70.5 Å². The molecule has 168 valence electrons. The number of nitrogens with zero attached hydrogens (tertiary/aromatic N) is 2. The van der Waals surface area contributed by atoms with Crippen LogP contribution in [-0.2, 0) is 11.3 Å². The van der Waals surface area contributed by atoms with Crippen molar-refractivity contribution in [1.82, 2.24) is 9.80 Å². The first-order valence-corrected chi connectivity index (χ1v) is 11.6. The number of ether oxygens (including phenoxy) is 1. The standard InChI is InChI=1S/C27H31ClN2O2/c28-25-13-11-22(12-14-25)20-32-21-26(31)19-29-15-17-30(18-16-29)27(23-7-3-1-4-8-23)24-9-5-2-6-10-24/h1-14,26-27,31H,15-21H2/t26-/m0/s1. The first kappa shape index (κ1) is 23.0. The Kier molecular flexibility index (Phi) is 8.32. The predicted octanol–water partition coefficient (Wildman–Crippen LogP) is 4.62. The molecule has 0 saturated carbocycles. The molecule has 1 heterocycles. The van der Waals surface area contributed by atoms with Gasteiger partial charge in [0.05, 0.1) is 25.4 Å². The quantitative estimate of drug-likeness (QED) is 0.515. The molecular formula is C27H31ClN2O2. The van der Waals surface area contributed by atoms with E-state index >= 15 is 0 Å². The number of β-amino-alcohol motifs (C(OH)–C–C–N with tert-alkyl or cyclic N) is 1. The van der Waals surface area contributed by atoms with Crippen molar-refractivity contribution in [2.24, 2.45) is 0 Å². The minimum Gasteiger partial charge on any atom is -0.389 e. The lowest BCUT2D eigenvalue weighted by Gasteiger charge is -2.40. The minimum absolute atomic E-state index is 0.257. The number of rotatable bonds is 9. The average Bonchev–Trinajstić information content (AvgIpc) is 2.83. The van der Waals surface area contributed by atoms with E-state index in [1.807, 2.05) is 24.3 Å². The Morgan fingerprint density at radius 3 is 1.91 bits per heavy atom. The lowest BCUT2D eigenvalue weighted by atomic mass is 9.96. The molecule has 0 aliphatic carbocycles. The van der Waals surface area contributed by atoms with Crippen LogP contribution in [0, 0.1) is 0 Å². The second-order valence-electron chi connectivity index (χ2n) is 8.36. The van der Waals surface area contributed by atoms with E-state index in [-0.39, 0.29) is 6.04 Å². The van der Waals surface area contributed by atoms with Crippen LogP contribution >= 0.6 is 11.6 Å². The largest absolute Gasteiger partial charge is 0.389 e. The maximum atomic E-state index is 10.5. The van der Waals surface area contributed by atoms with Gasteiger partial charge in [-0.3, -0.25) is 9.80 Å². The predicted molar refractivity (Wildman–Crippen MR) is 130 cm³/mol. The zero-order valence-electron chi connectivity index (χ0n) is 18.3. The maximum absolute atomic E-state index is 10.5. The molecule has 0 spiro atoms. The number of hydrogen-bond acceptors (Lipinski definition) is 4. The molecule has 5 heteroatoms. The van der Waals surface area contributed by atoms with Gasteiger partial charge in [0.2, 0.25) is 0 Å². The second-order valence-corrected chi connectivity index (χ2v) is 8.79. The van der Waals surface area contributed by atoms with Crippen LogP contribution in [0.25, 0.3) is 0 Å². The Morgan fingerprint density at radius 2 is 1.34 bits per heavy atom. The summed E-state index contributed by atoms with van der Waals surface area (Å²) in [5, 5.41) is 11.2. The average molecular weight is 451 g/mol. The van der Waals surface area contributed by atoms with Gasteiger partial charge in [-0.25, -0.2) is 0 Å². The van der Waals surface area contributed by atoms with E-state index in [0.29, 0.717) is 19.8 Å². The summed E-state index contributed by atoms with van der Waals surface area (Å²) in [6, 6.07) is 29.3. The molecule has 1 aliphatic heterocycles. The van der Waals surface area contributed by atoms with Gasteiger partial charge in [0, 0.05) is 37.7 Å². The molecule has 1 fully saturated rings. The van der Waals surface area contributed by atoms with E-state index in [1.165, 1.54) is 11.1 Å². The van der Waals surface area contributed by atoms with Crippen LogP contribution in [0.2, 0.25) is 5.02 Å². The van der Waals surface area contributed by atoms with Gasteiger partial charge in [-0.15, -0.1) is 0 Å². The number of hydrogen-bond donors (Lipinski definition) is 1. The number of aliphatic hydroxyl groups is 1. The number of piperazine rings is 1. The highest BCUT2D eigenvalue weighted by Crippen LogP contribution is 2.29. The number of benzene rings is 3. The summed E-state index contributed by atoms with van der Waals surface area (Å²) in [5.41, 5.74) is 3.70. The molecule has 32 heavy (non-hydrogen) atoms. The summed E-state index contributed by atoms with van der Waals surface area (Å²) in [6.45, 7) is 5.25. The van der Waals surface area contributed by atoms with E-state index in [1.54, 1.807) is 0 Å². The van der Waals surface area contributed by atoms with E-state index in [9.17, 15) is 5.11 Å². The van der Waals surface area contributed by atoms with Crippen LogP contribution in [0.1, 0.15) is 22.7 Å². The van der Waals surface area contributed by atoms with Crippen LogP contribution in [0.3, 0.4) is 0 Å². The van der Waals surface area contributed by atoms with E-state index in [0.717, 1.165) is 36.8 Å². The van der Waals surface area contributed by atoms with Gasteiger partial charge in [-0.05, 0) is 28.8 Å². The molecule has 0 radical (unpaired) electrons. The van der Waals surface area contributed by atoms with Crippen molar-refractivity contribution in [2.45, 2.75) is 18.8 Å². The van der Waals surface area contributed by atoms with Crippen LogP contribution < -0.4 is 0 Å². The molecule has 0 amide bonds. The zero-order chi connectivity index (χ0) is 22.2. The van der Waals surface area contributed by atoms with Gasteiger partial charge in [-0.1, -0.05) is 84.4 Å². The highest BCUT2D eigenvalue weighted by molar-refractivity contribution is 6.30. The zero-order valence-corrected chi connectivity index (χ0v) is 19.1. The molecule has 3 aromatic carbocycles. The fraction of sp³-hybridized carbons (Fsp3) is 0.333. The fourth-order valence-electron chi connectivity index (χ4n) is 4.33. The second kappa shape index (κ2) is 11.6. The molecule has 0 aromatic heterocycles. The molecule has 1 atom stereocenters. The van der Waals surface area contributed by atoms with Gasteiger partial charge in [-0.2, -0.15) is 0 Å². The smallest absolute Gasteiger partial charge is 0.0900 e. The summed E-state index contributed by atoms with van der Waals surface area (Å²) in [6.07, 6.45) is -0.493. The molecule has 0 unspecified atom stereocenters. The SMILES string of the molecule is O[C@H](COCc1ccc(Cl)cc1)CN1CCN(C(c2ccccc2)c2ccccc2)CC1. The third kappa shape index (κ3) is 6.41. The van der Waals surface area contributed by atoms with E-state index in [4.69, 9.17) is 16.3 Å². The summed E-state index contributed by atoms with van der Waals surface area (Å²) in [7, 11) is 0. The monoisotopic (exact) mass is 450 g/mol. The van der Waals surface area contributed by atoms with Crippen molar-refractivity contribution >= 4 is 11.6 Å². The van der Waals surface area contributed by atoms with Gasteiger partial charge in [0.25, 0.3) is 0 Å². The molecular weight excluding hydrogens is 420 g/mol. The highest BCUT2D eigenvalue weighted by atomic mass is 35.5. The molecule has 0 bridgehead atoms. The Balaban J connectivity index is 1.27. The van der Waals surface area contributed by atoms with Crippen molar-refractivity contribution in [1.29, 1.82) is 0 Å². The summed E-state index contributed by atoms with van der Waals surface area (Å²) in [4.78, 5) is 4.88. The van der Waals surface area contributed by atoms with Gasteiger partial charge in [0.1, 0.15) is 0 Å². The first-order valence-electron chi connectivity index (χ1n) is 11.3. The highest BCUT2D eigenvalue weighted by Gasteiger charge is 2.27. The van der Waals surface area contributed by atoms with Crippen molar-refractivity contribution in [2.75, 3.05) is 39.3 Å². The normalized spacial score (nSPS) is 16.3. The summed E-state index contributed by atoms with van der Waals surface area (Å²) < 4.78 is 5.71. The van der Waals surface area contributed by atoms with Crippen molar-refractivity contribution in [3.63, 3.8) is 0 Å². The maximum Gasteiger partial charge on any atom is 0.0900 e. The van der Waals surface area contributed by atoms with Gasteiger partial charge in [0.15, 0.2) is 0 Å². The Labute approximate surface area is 196 Å². The molecule has 1 saturated heterocycles. The first-order chi connectivity index (χ1) is 15.7. The van der Waals surface area contributed by atoms with Crippen molar-refractivity contribution in [3.8, 4) is 0 Å². The van der Waals surface area contributed by atoms with Crippen LogP contribution in [0.4, 0.5) is 0 Å².